The summed E-state index contributed by atoms with van der Waals surface area (Å²) in [4.78, 5) is 24.6. The van der Waals surface area contributed by atoms with E-state index in [0.29, 0.717) is 12.8 Å². The Labute approximate surface area is 486 Å². The average Bonchev–Trinajstić information content (AvgIpc) is 3.44. The molecule has 0 aromatic heterocycles. The molecule has 0 rings (SSSR count). The third-order valence-electron chi connectivity index (χ3n) is 15.5. The second-order valence-electron chi connectivity index (χ2n) is 23.3. The van der Waals surface area contributed by atoms with Crippen LogP contribution in [0.3, 0.4) is 0 Å². The van der Waals surface area contributed by atoms with Gasteiger partial charge in [0.15, 0.2) is 6.10 Å². The van der Waals surface area contributed by atoms with Gasteiger partial charge in [-0.2, -0.15) is 0 Å². The number of unbranched alkanes of at least 4 members (excludes halogenated alkanes) is 44. The Bertz CT molecular complexity index is 1370. The van der Waals surface area contributed by atoms with Crippen LogP contribution in [0.2, 0.25) is 0 Å². The first-order valence-electron chi connectivity index (χ1n) is 34.5. The number of ether oxygens (including phenoxy) is 2. The lowest BCUT2D eigenvalue weighted by Crippen LogP contribution is -2.28. The maximum absolute atomic E-state index is 12.4. The molecular weight excluding hydrogens is 957 g/mol. The molecule has 5 nitrogen and oxygen atoms in total. The highest BCUT2D eigenvalue weighted by Crippen LogP contribution is 2.18. The van der Waals surface area contributed by atoms with Gasteiger partial charge in [0.05, 0.1) is 6.61 Å². The van der Waals surface area contributed by atoms with Gasteiger partial charge in [-0.05, 0) is 89.9 Å². The second kappa shape index (κ2) is 68.6. The van der Waals surface area contributed by atoms with Crippen molar-refractivity contribution >= 4 is 11.9 Å². The van der Waals surface area contributed by atoms with E-state index in [2.05, 4.69) is 86.8 Å². The molecule has 0 aliphatic heterocycles. The van der Waals surface area contributed by atoms with E-state index < -0.39 is 6.10 Å². The van der Waals surface area contributed by atoms with Crippen LogP contribution in [0.25, 0.3) is 0 Å². The topological polar surface area (TPSA) is 72.8 Å². The number of carbonyl (C=O) groups is 2. The fourth-order valence-corrected chi connectivity index (χ4v) is 10.3. The van der Waals surface area contributed by atoms with E-state index >= 15 is 0 Å². The molecule has 0 saturated heterocycles. The van der Waals surface area contributed by atoms with E-state index in [-0.39, 0.29) is 25.2 Å². The zero-order valence-electron chi connectivity index (χ0n) is 52.2. The molecule has 78 heavy (non-hydrogen) atoms. The number of aliphatic hydroxyl groups is 1. The van der Waals surface area contributed by atoms with Crippen LogP contribution < -0.4 is 0 Å². The summed E-state index contributed by atoms with van der Waals surface area (Å²) in [6, 6.07) is 0. The highest BCUT2D eigenvalue weighted by molar-refractivity contribution is 5.70. The Balaban J connectivity index is 3.42. The third kappa shape index (κ3) is 65.9. The molecule has 454 valence electrons. The van der Waals surface area contributed by atoms with Crippen molar-refractivity contribution in [2.45, 2.75) is 367 Å². The van der Waals surface area contributed by atoms with Crippen molar-refractivity contribution in [2.24, 2.45) is 0 Å². The highest BCUT2D eigenvalue weighted by Gasteiger charge is 2.16. The predicted octanol–water partition coefficient (Wildman–Crippen LogP) is 23.9. The van der Waals surface area contributed by atoms with Crippen molar-refractivity contribution in [3.63, 3.8) is 0 Å². The molecule has 0 saturated carbocycles. The van der Waals surface area contributed by atoms with Gasteiger partial charge in [-0.1, -0.05) is 331 Å². The first kappa shape index (κ1) is 75.3. The van der Waals surface area contributed by atoms with Crippen LogP contribution in [0, 0.1) is 0 Å². The molecule has 0 aliphatic rings. The van der Waals surface area contributed by atoms with E-state index in [1.165, 1.54) is 270 Å². The Morgan fingerprint density at radius 1 is 0.295 bits per heavy atom. The number of esters is 2. The summed E-state index contributed by atoms with van der Waals surface area (Å²) in [5, 5.41) is 9.69. The van der Waals surface area contributed by atoms with Gasteiger partial charge in [-0.15, -0.1) is 0 Å². The molecule has 0 fully saturated rings. The Morgan fingerprint density at radius 3 is 0.769 bits per heavy atom. The summed E-state index contributed by atoms with van der Waals surface area (Å²) < 4.78 is 10.8. The van der Waals surface area contributed by atoms with E-state index in [0.717, 1.165) is 64.2 Å². The predicted molar refractivity (Wildman–Crippen MR) is 343 cm³/mol. The summed E-state index contributed by atoms with van der Waals surface area (Å²) in [6.07, 6.45) is 95.0. The van der Waals surface area contributed by atoms with Crippen LogP contribution in [0.15, 0.2) is 72.9 Å². The number of hydrogen-bond donors (Lipinski definition) is 1. The van der Waals surface area contributed by atoms with Crippen LogP contribution in [-0.2, 0) is 19.1 Å². The molecule has 1 atom stereocenters. The third-order valence-corrected chi connectivity index (χ3v) is 15.5. The summed E-state index contributed by atoms with van der Waals surface area (Å²) in [7, 11) is 0. The van der Waals surface area contributed by atoms with Crippen LogP contribution in [0.4, 0.5) is 0 Å². The second-order valence-corrected chi connectivity index (χ2v) is 23.3. The fourth-order valence-electron chi connectivity index (χ4n) is 10.3. The van der Waals surface area contributed by atoms with Gasteiger partial charge in [-0.25, -0.2) is 0 Å². The van der Waals surface area contributed by atoms with Gasteiger partial charge in [0, 0.05) is 12.8 Å². The highest BCUT2D eigenvalue weighted by atomic mass is 16.6. The number of carbonyl (C=O) groups excluding carboxylic acids is 2. The summed E-state index contributed by atoms with van der Waals surface area (Å²) in [6.45, 7) is 4.15. The first-order valence-corrected chi connectivity index (χ1v) is 34.5. The molecule has 0 aromatic rings. The quantitative estimate of drug-likeness (QED) is 0.0373. The summed E-state index contributed by atoms with van der Waals surface area (Å²) in [5.41, 5.74) is 0. The molecular formula is C73H132O5. The molecule has 1 N–H and O–H groups in total. The largest absolute Gasteiger partial charge is 0.462 e. The van der Waals surface area contributed by atoms with Crippen molar-refractivity contribution in [2.75, 3.05) is 13.2 Å². The van der Waals surface area contributed by atoms with E-state index in [9.17, 15) is 14.7 Å². The molecule has 0 amide bonds. The minimum Gasteiger partial charge on any atom is -0.462 e. The zero-order valence-corrected chi connectivity index (χ0v) is 52.2. The van der Waals surface area contributed by atoms with Crippen molar-refractivity contribution in [1.29, 1.82) is 0 Å². The minimum atomic E-state index is -0.776. The standard InChI is InChI=1S/C73H132O5/c1-3-5-7-9-11-13-15-17-19-21-23-25-27-29-30-31-32-33-34-35-36-37-38-39-40-41-42-44-46-48-50-52-54-56-58-60-62-64-66-68-73(76)78-71(69-74)70-77-72(75)67-65-63-61-59-57-55-53-51-49-47-45-43-28-26-24-22-20-18-16-14-12-10-8-6-4-2/h15-18,21-24,27-29,43,71,74H,3-14,19-20,25-26,30-42,44-70H2,1-2H3/b17-15-,18-16-,23-21-,24-22-,29-27-,43-28-. The number of hydrogen-bond acceptors (Lipinski definition) is 5. The molecule has 0 bridgehead atoms. The lowest BCUT2D eigenvalue weighted by Gasteiger charge is -2.15. The summed E-state index contributed by atoms with van der Waals surface area (Å²) in [5.74, 6) is -0.580. The minimum absolute atomic E-state index is 0.0662. The van der Waals surface area contributed by atoms with Crippen LogP contribution in [0.5, 0.6) is 0 Å². The monoisotopic (exact) mass is 1090 g/mol. The van der Waals surface area contributed by atoms with Crippen molar-refractivity contribution < 1.29 is 24.2 Å². The number of aliphatic hydroxyl groups excluding tert-OH is 1. The van der Waals surface area contributed by atoms with Gasteiger partial charge in [0.2, 0.25) is 0 Å². The SMILES string of the molecule is CCCCCCC/C=C\C/C=C\C/C=C\CCCCCCCCCCCCCCCCCCCCCCCCCCC(=O)OC(CO)COC(=O)CCCCCCCCCCCC/C=C\C/C=C\C/C=C\CCCCCCC. The van der Waals surface area contributed by atoms with Crippen LogP contribution >= 0.6 is 0 Å². The maximum atomic E-state index is 12.4. The first-order chi connectivity index (χ1) is 38.6. The average molecular weight is 1090 g/mol. The number of allylic oxidation sites excluding steroid dienone is 12. The Morgan fingerprint density at radius 2 is 0.513 bits per heavy atom. The van der Waals surface area contributed by atoms with Crippen molar-refractivity contribution in [1.82, 2.24) is 0 Å². The van der Waals surface area contributed by atoms with Gasteiger partial charge in [0.25, 0.3) is 0 Å². The normalized spacial score (nSPS) is 12.6. The van der Waals surface area contributed by atoms with Crippen molar-refractivity contribution in [3.05, 3.63) is 72.9 Å². The van der Waals surface area contributed by atoms with Gasteiger partial charge < -0.3 is 14.6 Å². The smallest absolute Gasteiger partial charge is 0.306 e. The lowest BCUT2D eigenvalue weighted by molar-refractivity contribution is -0.161. The molecule has 5 heteroatoms. The van der Waals surface area contributed by atoms with E-state index in [4.69, 9.17) is 9.47 Å². The molecule has 0 radical (unpaired) electrons. The summed E-state index contributed by atoms with van der Waals surface area (Å²) >= 11 is 0. The fraction of sp³-hybridized carbons (Fsp3) is 0.808. The maximum Gasteiger partial charge on any atom is 0.306 e. The lowest BCUT2D eigenvalue weighted by atomic mass is 10.0. The molecule has 1 unspecified atom stereocenters. The number of rotatable bonds is 64. The van der Waals surface area contributed by atoms with E-state index in [1.807, 2.05) is 0 Å². The molecule has 0 spiro atoms. The van der Waals surface area contributed by atoms with Crippen molar-refractivity contribution in [3.8, 4) is 0 Å². The van der Waals surface area contributed by atoms with Gasteiger partial charge in [-0.3, -0.25) is 9.59 Å². The molecule has 0 aromatic carbocycles. The molecule has 0 aliphatic carbocycles. The van der Waals surface area contributed by atoms with E-state index in [1.54, 1.807) is 0 Å². The molecule has 0 heterocycles. The Hall–Kier alpha value is -2.66. The van der Waals surface area contributed by atoms with Crippen LogP contribution in [0.1, 0.15) is 361 Å². The van der Waals surface area contributed by atoms with Gasteiger partial charge >= 0.3 is 11.9 Å². The van der Waals surface area contributed by atoms with Gasteiger partial charge in [0.1, 0.15) is 6.61 Å². The van der Waals surface area contributed by atoms with Crippen LogP contribution in [-0.4, -0.2) is 36.4 Å². The Kier molecular flexibility index (Phi) is 66.3. The zero-order chi connectivity index (χ0) is 56.2.